The predicted molar refractivity (Wildman–Crippen MR) is 97.6 cm³/mol. The number of hydrogen-bond acceptors (Lipinski definition) is 5. The lowest BCUT2D eigenvalue weighted by molar-refractivity contribution is -0.140. The number of nitrogens with zero attached hydrogens (tertiary/aromatic N) is 1. The molecule has 0 saturated carbocycles. The summed E-state index contributed by atoms with van der Waals surface area (Å²) in [5.74, 6) is -0.326. The highest BCUT2D eigenvalue weighted by atomic mass is 32.2. The molecule has 0 saturated heterocycles. The van der Waals surface area contributed by atoms with Crippen molar-refractivity contribution in [2.45, 2.75) is 30.6 Å². The van der Waals surface area contributed by atoms with E-state index < -0.39 is 9.84 Å². The smallest absolute Gasteiger partial charge is 0.302 e. The summed E-state index contributed by atoms with van der Waals surface area (Å²) < 4.78 is 30.7. The van der Waals surface area contributed by atoms with Gasteiger partial charge in [-0.2, -0.15) is 0 Å². The van der Waals surface area contributed by atoms with E-state index in [9.17, 15) is 13.2 Å². The van der Waals surface area contributed by atoms with E-state index in [1.54, 1.807) is 48.5 Å². The Bertz CT molecular complexity index is 832. The van der Waals surface area contributed by atoms with Gasteiger partial charge in [0, 0.05) is 19.2 Å². The summed E-state index contributed by atoms with van der Waals surface area (Å²) >= 11 is 0. The number of sulfone groups is 1. The van der Waals surface area contributed by atoms with Crippen molar-refractivity contribution >= 4 is 21.5 Å². The Labute approximate surface area is 149 Å². The molecule has 0 heterocycles. The van der Waals surface area contributed by atoms with Crippen LogP contribution in [0, 0.1) is 6.92 Å². The highest BCUT2D eigenvalue weighted by Crippen LogP contribution is 2.27. The standard InChI is InChI=1S/C19H23NO4S/c1-4-20(12-13-24-16(3)21)19-14-18(11-10-15(19)2)25(22,23)17-8-6-5-7-9-17/h5-11,14H,4,12-13H2,1-3H3. The van der Waals surface area contributed by atoms with Crippen LogP contribution in [0.2, 0.25) is 0 Å². The average Bonchev–Trinajstić information content (AvgIpc) is 2.60. The highest BCUT2D eigenvalue weighted by molar-refractivity contribution is 7.91. The first kappa shape index (κ1) is 19.0. The van der Waals surface area contributed by atoms with Gasteiger partial charge in [-0.3, -0.25) is 4.79 Å². The van der Waals surface area contributed by atoms with Gasteiger partial charge in [-0.15, -0.1) is 0 Å². The summed E-state index contributed by atoms with van der Waals surface area (Å²) in [6, 6.07) is 13.5. The Balaban J connectivity index is 2.35. The van der Waals surface area contributed by atoms with E-state index in [-0.39, 0.29) is 22.4 Å². The highest BCUT2D eigenvalue weighted by Gasteiger charge is 2.19. The van der Waals surface area contributed by atoms with E-state index >= 15 is 0 Å². The summed E-state index contributed by atoms with van der Waals surface area (Å²) in [5, 5.41) is 0. The number of carbonyl (C=O) groups is 1. The third-order valence-electron chi connectivity index (χ3n) is 3.93. The third-order valence-corrected chi connectivity index (χ3v) is 5.70. The number of rotatable bonds is 7. The van der Waals surface area contributed by atoms with E-state index in [0.717, 1.165) is 11.3 Å². The molecule has 0 spiro atoms. The van der Waals surface area contributed by atoms with Crippen molar-refractivity contribution in [3.8, 4) is 0 Å². The summed E-state index contributed by atoms with van der Waals surface area (Å²) in [6.07, 6.45) is 0. The fourth-order valence-electron chi connectivity index (χ4n) is 2.58. The molecule has 0 N–H and O–H groups in total. The predicted octanol–water partition coefficient (Wildman–Crippen LogP) is 3.22. The molecule has 0 aliphatic carbocycles. The number of aryl methyl sites for hydroxylation is 1. The Morgan fingerprint density at radius 2 is 1.76 bits per heavy atom. The quantitative estimate of drug-likeness (QED) is 0.709. The van der Waals surface area contributed by atoms with Crippen LogP contribution in [0.3, 0.4) is 0 Å². The summed E-state index contributed by atoms with van der Waals surface area (Å²) in [7, 11) is -3.57. The lowest BCUT2D eigenvalue weighted by atomic mass is 10.2. The lowest BCUT2D eigenvalue weighted by Crippen LogP contribution is -2.28. The second kappa shape index (κ2) is 8.16. The van der Waals surface area contributed by atoms with Crippen molar-refractivity contribution in [3.63, 3.8) is 0 Å². The number of anilines is 1. The Hall–Kier alpha value is -2.34. The van der Waals surface area contributed by atoms with Gasteiger partial charge in [0.25, 0.3) is 0 Å². The monoisotopic (exact) mass is 361 g/mol. The molecule has 0 radical (unpaired) electrons. The maximum Gasteiger partial charge on any atom is 0.302 e. The van der Waals surface area contributed by atoms with Crippen molar-refractivity contribution in [2.75, 3.05) is 24.6 Å². The van der Waals surface area contributed by atoms with Gasteiger partial charge in [0.2, 0.25) is 9.84 Å². The molecule has 2 aromatic carbocycles. The van der Waals surface area contributed by atoms with Gasteiger partial charge in [0.15, 0.2) is 0 Å². The fourth-order valence-corrected chi connectivity index (χ4v) is 3.88. The molecule has 6 heteroatoms. The number of benzene rings is 2. The van der Waals surface area contributed by atoms with Crippen LogP contribution in [0.15, 0.2) is 58.3 Å². The van der Waals surface area contributed by atoms with E-state index in [4.69, 9.17) is 4.74 Å². The zero-order chi connectivity index (χ0) is 18.4. The Kier molecular flexibility index (Phi) is 6.20. The molecule has 134 valence electrons. The first-order valence-corrected chi connectivity index (χ1v) is 9.63. The minimum absolute atomic E-state index is 0.255. The van der Waals surface area contributed by atoms with Crippen molar-refractivity contribution in [1.29, 1.82) is 0 Å². The zero-order valence-corrected chi connectivity index (χ0v) is 15.5. The van der Waals surface area contributed by atoms with Crippen LogP contribution in [-0.4, -0.2) is 34.1 Å². The van der Waals surface area contributed by atoms with Gasteiger partial charge in [0.1, 0.15) is 6.61 Å². The molecule has 0 atom stereocenters. The number of carbonyl (C=O) groups excluding carboxylic acids is 1. The molecule has 0 aromatic heterocycles. The zero-order valence-electron chi connectivity index (χ0n) is 14.7. The van der Waals surface area contributed by atoms with Crippen molar-refractivity contribution in [2.24, 2.45) is 0 Å². The molecule has 5 nitrogen and oxygen atoms in total. The van der Waals surface area contributed by atoms with E-state index in [1.807, 2.05) is 18.7 Å². The van der Waals surface area contributed by atoms with Crippen LogP contribution in [0.5, 0.6) is 0 Å². The minimum Gasteiger partial charge on any atom is -0.464 e. The van der Waals surface area contributed by atoms with E-state index in [0.29, 0.717) is 13.1 Å². The van der Waals surface area contributed by atoms with Crippen LogP contribution >= 0.6 is 0 Å². The van der Waals surface area contributed by atoms with E-state index in [1.165, 1.54) is 6.92 Å². The molecule has 0 unspecified atom stereocenters. The number of hydrogen-bond donors (Lipinski definition) is 0. The van der Waals surface area contributed by atoms with Crippen LogP contribution in [0.4, 0.5) is 5.69 Å². The summed E-state index contributed by atoms with van der Waals surface area (Å²) in [6.45, 7) is 6.73. The van der Waals surface area contributed by atoms with Gasteiger partial charge in [0.05, 0.1) is 16.3 Å². The topological polar surface area (TPSA) is 63.7 Å². The number of ether oxygens (including phenoxy) is 1. The molecule has 0 aliphatic rings. The van der Waals surface area contributed by atoms with Crippen molar-refractivity contribution in [1.82, 2.24) is 0 Å². The molecule has 0 bridgehead atoms. The first-order valence-electron chi connectivity index (χ1n) is 8.15. The molecule has 2 aromatic rings. The molecule has 25 heavy (non-hydrogen) atoms. The van der Waals surface area contributed by atoms with Gasteiger partial charge in [-0.05, 0) is 43.7 Å². The van der Waals surface area contributed by atoms with Gasteiger partial charge in [-0.25, -0.2) is 8.42 Å². The Morgan fingerprint density at radius 1 is 1.08 bits per heavy atom. The maximum absolute atomic E-state index is 12.8. The molecule has 0 fully saturated rings. The molecular weight excluding hydrogens is 338 g/mol. The number of esters is 1. The molecule has 0 amide bonds. The molecule has 2 rings (SSSR count). The van der Waals surface area contributed by atoms with Crippen LogP contribution in [-0.2, 0) is 19.4 Å². The van der Waals surface area contributed by atoms with Crippen LogP contribution < -0.4 is 4.90 Å². The van der Waals surface area contributed by atoms with Gasteiger partial charge >= 0.3 is 5.97 Å². The van der Waals surface area contributed by atoms with Crippen LogP contribution in [0.25, 0.3) is 0 Å². The molecular formula is C19H23NO4S. The van der Waals surface area contributed by atoms with Gasteiger partial charge in [-0.1, -0.05) is 24.3 Å². The maximum atomic E-state index is 12.8. The number of likely N-dealkylation sites (N-methyl/N-ethyl adjacent to an activating group) is 1. The average molecular weight is 361 g/mol. The largest absolute Gasteiger partial charge is 0.464 e. The second-order valence-corrected chi connectivity index (χ2v) is 7.63. The summed E-state index contributed by atoms with van der Waals surface area (Å²) in [5.41, 5.74) is 1.79. The van der Waals surface area contributed by atoms with Gasteiger partial charge < -0.3 is 9.64 Å². The van der Waals surface area contributed by atoms with Crippen LogP contribution in [0.1, 0.15) is 19.4 Å². The van der Waals surface area contributed by atoms with E-state index in [2.05, 4.69) is 0 Å². The normalized spacial score (nSPS) is 11.2. The lowest BCUT2D eigenvalue weighted by Gasteiger charge is -2.25. The Morgan fingerprint density at radius 3 is 2.36 bits per heavy atom. The third kappa shape index (κ3) is 4.60. The molecule has 0 aliphatic heterocycles. The van der Waals surface area contributed by atoms with Crippen molar-refractivity contribution < 1.29 is 17.9 Å². The SMILES string of the molecule is CCN(CCOC(C)=O)c1cc(S(=O)(=O)c2ccccc2)ccc1C. The fraction of sp³-hybridized carbons (Fsp3) is 0.316. The minimum atomic E-state index is -3.57. The summed E-state index contributed by atoms with van der Waals surface area (Å²) in [4.78, 5) is 13.5. The first-order chi connectivity index (χ1) is 11.9. The van der Waals surface area contributed by atoms with Crippen molar-refractivity contribution in [3.05, 3.63) is 54.1 Å². The second-order valence-electron chi connectivity index (χ2n) is 5.68.